The molecular weight excluding hydrogens is 465 g/mol. The van der Waals surface area contributed by atoms with E-state index < -0.39 is 7.60 Å². The second-order valence-electron chi connectivity index (χ2n) is 8.42. The molecule has 0 saturated heterocycles. The molecule has 0 fully saturated rings. The molecule has 0 amide bonds. The lowest BCUT2D eigenvalue weighted by atomic mass is 10.1. The molecule has 4 rings (SSSR count). The van der Waals surface area contributed by atoms with Gasteiger partial charge in [0.1, 0.15) is 11.1 Å². The first-order valence-electron chi connectivity index (χ1n) is 10.7. The van der Waals surface area contributed by atoms with Gasteiger partial charge >= 0.3 is 7.60 Å². The average Bonchev–Trinajstić information content (AvgIpc) is 3.31. The molecule has 3 aromatic heterocycles. The van der Waals surface area contributed by atoms with E-state index in [1.807, 2.05) is 18.4 Å². The molecule has 0 unspecified atom stereocenters. The molecule has 3 heterocycles. The van der Waals surface area contributed by atoms with E-state index in [1.54, 1.807) is 36.4 Å². The Hall–Kier alpha value is -2.64. The van der Waals surface area contributed by atoms with Gasteiger partial charge in [0, 0.05) is 36.5 Å². The van der Waals surface area contributed by atoms with Crippen molar-refractivity contribution in [2.45, 2.75) is 39.7 Å². The van der Waals surface area contributed by atoms with E-state index in [9.17, 15) is 19.6 Å². The van der Waals surface area contributed by atoms with E-state index in [2.05, 4.69) is 4.98 Å². The lowest BCUT2D eigenvalue weighted by Gasteiger charge is -2.12. The Bertz CT molecular complexity index is 1340. The van der Waals surface area contributed by atoms with Crippen LogP contribution < -0.4 is 10.0 Å². The summed E-state index contributed by atoms with van der Waals surface area (Å²) in [5.74, 6) is 1.09. The molecule has 0 radical (unpaired) electrons. The molecule has 0 bridgehead atoms. The van der Waals surface area contributed by atoms with Crippen LogP contribution >= 0.6 is 19.2 Å². The first-order chi connectivity index (χ1) is 15.6. The summed E-state index contributed by atoms with van der Waals surface area (Å²) < 4.78 is 21.0. The van der Waals surface area contributed by atoms with Crippen molar-refractivity contribution in [2.24, 2.45) is 5.92 Å². The maximum atomic E-state index is 12.3. The zero-order chi connectivity index (χ0) is 23.8. The van der Waals surface area contributed by atoms with Crippen LogP contribution in [0.4, 0.5) is 0 Å². The van der Waals surface area contributed by atoms with Gasteiger partial charge in [-0.25, -0.2) is 4.98 Å². The molecule has 1 aromatic carbocycles. The second-order valence-corrected chi connectivity index (χ2v) is 10.4. The summed E-state index contributed by atoms with van der Waals surface area (Å²) in [7, 11) is -4.63. The number of aryl methyl sites for hydroxylation is 2. The highest BCUT2D eigenvalue weighted by molar-refractivity contribution is 7.60. The maximum Gasteiger partial charge on any atom is 0.360 e. The lowest BCUT2D eigenvalue weighted by molar-refractivity contribution is -0.614. The quantitative estimate of drug-likeness (QED) is 0.217. The maximum absolute atomic E-state index is 12.3. The number of pyridine rings is 1. The molecule has 0 atom stereocenters. The van der Waals surface area contributed by atoms with E-state index in [4.69, 9.17) is 16.0 Å². The molecule has 0 spiro atoms. The van der Waals surface area contributed by atoms with Crippen LogP contribution in [0.3, 0.4) is 0 Å². The zero-order valence-corrected chi connectivity index (χ0v) is 20.0. The molecule has 8 nitrogen and oxygen atoms in total. The fourth-order valence-electron chi connectivity index (χ4n) is 3.85. The summed E-state index contributed by atoms with van der Waals surface area (Å²) in [5, 5.41) is 12.2. The average molecular weight is 490 g/mol. The number of nitrogens with zero attached hydrogens (tertiary/aromatic N) is 3. The van der Waals surface area contributed by atoms with Crippen molar-refractivity contribution in [1.29, 1.82) is 0 Å². The lowest BCUT2D eigenvalue weighted by Crippen LogP contribution is -2.30. The van der Waals surface area contributed by atoms with Crippen LogP contribution in [0.15, 0.2) is 53.1 Å². The van der Waals surface area contributed by atoms with Crippen LogP contribution in [0.5, 0.6) is 0 Å². The number of halogens is 1. The van der Waals surface area contributed by atoms with Crippen molar-refractivity contribution in [2.75, 3.05) is 0 Å². The van der Waals surface area contributed by atoms with Crippen LogP contribution in [-0.4, -0.2) is 19.3 Å². The van der Waals surface area contributed by atoms with Crippen molar-refractivity contribution >= 4 is 35.5 Å². The highest BCUT2D eigenvalue weighted by atomic mass is 35.5. The van der Waals surface area contributed by atoms with Gasteiger partial charge in [0.25, 0.3) is 0 Å². The Kier molecular flexibility index (Phi) is 6.64. The van der Waals surface area contributed by atoms with Gasteiger partial charge in [-0.2, -0.15) is 4.73 Å². The SMILES string of the molecule is CC(C)Cn1c(-c2oc(CCCc3cccc[n+]3[O-])cc2P(=O)(O)O)nc2ccc(Cl)cc21. The Labute approximate surface area is 196 Å². The van der Waals surface area contributed by atoms with Gasteiger partial charge in [0.2, 0.25) is 0 Å². The van der Waals surface area contributed by atoms with Gasteiger partial charge < -0.3 is 24.0 Å². The zero-order valence-electron chi connectivity index (χ0n) is 18.3. The van der Waals surface area contributed by atoms with Crippen molar-refractivity contribution in [1.82, 2.24) is 9.55 Å². The summed E-state index contributed by atoms with van der Waals surface area (Å²) in [5.41, 5.74) is 2.05. The number of fused-ring (bicyclic) bond motifs is 1. The van der Waals surface area contributed by atoms with Crippen molar-refractivity contribution in [3.05, 3.63) is 70.3 Å². The van der Waals surface area contributed by atoms with E-state index in [1.165, 1.54) is 12.3 Å². The van der Waals surface area contributed by atoms with Crippen LogP contribution in [0.25, 0.3) is 22.6 Å². The second kappa shape index (κ2) is 9.31. The molecule has 0 aliphatic heterocycles. The molecule has 0 saturated carbocycles. The molecule has 33 heavy (non-hydrogen) atoms. The van der Waals surface area contributed by atoms with Gasteiger partial charge in [0.15, 0.2) is 23.5 Å². The predicted octanol–water partition coefficient (Wildman–Crippen LogP) is 4.22. The number of benzene rings is 1. The molecule has 4 aromatic rings. The van der Waals surface area contributed by atoms with Crippen molar-refractivity contribution < 1.29 is 23.5 Å². The topological polar surface area (TPSA) is 115 Å². The normalized spacial score (nSPS) is 12.2. The van der Waals surface area contributed by atoms with Crippen molar-refractivity contribution in [3.63, 3.8) is 0 Å². The number of rotatable bonds is 8. The van der Waals surface area contributed by atoms with Crippen LogP contribution in [0.2, 0.25) is 5.02 Å². The first kappa shape index (κ1) is 23.5. The predicted molar refractivity (Wildman–Crippen MR) is 126 cm³/mol. The van der Waals surface area contributed by atoms with Gasteiger partial charge in [-0.3, -0.25) is 4.57 Å². The van der Waals surface area contributed by atoms with Gasteiger partial charge in [-0.05, 0) is 36.6 Å². The number of aromatic nitrogens is 3. The first-order valence-corrected chi connectivity index (χ1v) is 12.6. The van der Waals surface area contributed by atoms with Crippen LogP contribution in [-0.2, 0) is 24.0 Å². The Balaban J connectivity index is 1.73. The molecule has 174 valence electrons. The molecule has 0 aliphatic carbocycles. The third-order valence-electron chi connectivity index (χ3n) is 5.30. The Morgan fingerprint density at radius 2 is 2.00 bits per heavy atom. The number of hydrogen-bond acceptors (Lipinski definition) is 4. The largest absolute Gasteiger partial charge is 0.619 e. The fraction of sp³-hybridized carbons (Fsp3) is 0.304. The summed E-state index contributed by atoms with van der Waals surface area (Å²) in [6, 6.07) is 11.9. The van der Waals surface area contributed by atoms with E-state index in [-0.39, 0.29) is 17.0 Å². The standard InChI is InChI=1S/C23H25ClN3O5P/c1-15(2)14-26-20-12-16(24)9-10-19(20)25-23(26)22-21(33(29,30)31)13-18(32-22)8-5-7-17-6-3-4-11-27(17)28/h3-4,6,9-13,15H,5,7-8,14H2,1-2H3,(H2,29,30,31). The minimum Gasteiger partial charge on any atom is -0.619 e. The summed E-state index contributed by atoms with van der Waals surface area (Å²) in [4.78, 5) is 24.7. The molecule has 2 N–H and O–H groups in total. The third kappa shape index (κ3) is 5.14. The fourth-order valence-corrected chi connectivity index (χ4v) is 4.74. The van der Waals surface area contributed by atoms with E-state index >= 15 is 0 Å². The third-order valence-corrected chi connectivity index (χ3v) is 6.49. The summed E-state index contributed by atoms with van der Waals surface area (Å²) in [6.07, 6.45) is 2.95. The molecule has 0 aliphatic rings. The van der Waals surface area contributed by atoms with Gasteiger partial charge in [-0.1, -0.05) is 31.5 Å². The molecule has 10 heteroatoms. The summed E-state index contributed by atoms with van der Waals surface area (Å²) >= 11 is 6.20. The Morgan fingerprint density at radius 3 is 2.70 bits per heavy atom. The highest BCUT2D eigenvalue weighted by Crippen LogP contribution is 2.40. The summed E-state index contributed by atoms with van der Waals surface area (Å²) in [6.45, 7) is 4.66. The van der Waals surface area contributed by atoms with Gasteiger partial charge in [0.05, 0.1) is 11.0 Å². The monoisotopic (exact) mass is 489 g/mol. The minimum absolute atomic E-state index is 0.0601. The number of furan rings is 1. The number of imidazole rings is 1. The Morgan fingerprint density at radius 1 is 1.21 bits per heavy atom. The van der Waals surface area contributed by atoms with Crippen LogP contribution in [0.1, 0.15) is 31.7 Å². The minimum atomic E-state index is -4.63. The number of hydrogen-bond donors (Lipinski definition) is 2. The molecular formula is C23H25ClN3O5P. The smallest absolute Gasteiger partial charge is 0.360 e. The van der Waals surface area contributed by atoms with Crippen molar-refractivity contribution in [3.8, 4) is 11.6 Å². The highest BCUT2D eigenvalue weighted by Gasteiger charge is 2.30. The van der Waals surface area contributed by atoms with E-state index in [0.29, 0.717) is 53.6 Å². The van der Waals surface area contributed by atoms with Crippen LogP contribution in [0, 0.1) is 11.1 Å². The van der Waals surface area contributed by atoms with Gasteiger partial charge in [-0.15, -0.1) is 0 Å². The van der Waals surface area contributed by atoms with E-state index in [0.717, 1.165) is 10.2 Å².